The first kappa shape index (κ1) is 7.34. The molecule has 0 N–H and O–H groups in total. The van der Waals surface area contributed by atoms with E-state index in [9.17, 15) is 0 Å². The van der Waals surface area contributed by atoms with Gasteiger partial charge in [0.05, 0.1) is 0 Å². The lowest BCUT2D eigenvalue weighted by molar-refractivity contribution is 1.22. The van der Waals surface area contributed by atoms with Crippen LogP contribution in [0, 0.1) is 0 Å². The number of aliphatic imine (C=N–C) groups is 2. The van der Waals surface area contributed by atoms with E-state index in [4.69, 9.17) is 0 Å². The molecular weight excluding hydrogens is 100 g/mol. The van der Waals surface area contributed by atoms with Gasteiger partial charge in [-0.1, -0.05) is 6.92 Å². The van der Waals surface area contributed by atoms with Crippen molar-refractivity contribution < 1.29 is 0 Å². The number of amidine groups is 1. The van der Waals surface area contributed by atoms with Crippen LogP contribution in [0.15, 0.2) is 9.98 Å². The lowest BCUT2D eigenvalue weighted by atomic mass is 10.4. The van der Waals surface area contributed by atoms with E-state index in [2.05, 4.69) is 9.98 Å². The average molecular weight is 112 g/mol. The van der Waals surface area contributed by atoms with E-state index in [1.165, 1.54) is 0 Å². The molecule has 8 heavy (non-hydrogen) atoms. The molecule has 0 bridgehead atoms. The average Bonchev–Trinajstić information content (AvgIpc) is 1.83. The minimum Gasteiger partial charge on any atom is -0.274 e. The topological polar surface area (TPSA) is 24.7 Å². The molecule has 0 atom stereocenters. The summed E-state index contributed by atoms with van der Waals surface area (Å²) in [5.41, 5.74) is 0. The van der Waals surface area contributed by atoms with Crippen LogP contribution in [0.3, 0.4) is 0 Å². The molecule has 0 aliphatic rings. The molecule has 0 aromatic heterocycles. The summed E-state index contributed by atoms with van der Waals surface area (Å²) in [6.07, 6.45) is 2.67. The number of hydrogen-bond donors (Lipinski definition) is 0. The van der Waals surface area contributed by atoms with E-state index >= 15 is 0 Å². The van der Waals surface area contributed by atoms with Crippen LogP contribution in [-0.4, -0.2) is 19.1 Å². The first-order chi connectivity index (χ1) is 3.85. The maximum absolute atomic E-state index is 3.99. The van der Waals surface area contributed by atoms with Gasteiger partial charge in [0, 0.05) is 19.7 Å². The van der Waals surface area contributed by atoms with Crippen molar-refractivity contribution >= 4 is 12.1 Å². The van der Waals surface area contributed by atoms with Crippen molar-refractivity contribution in [2.75, 3.05) is 7.05 Å². The van der Waals surface area contributed by atoms with Gasteiger partial charge in [-0.25, -0.2) is 4.99 Å². The molecule has 0 heterocycles. The van der Waals surface area contributed by atoms with E-state index in [0.717, 1.165) is 12.3 Å². The molecule has 0 saturated carbocycles. The van der Waals surface area contributed by atoms with Crippen molar-refractivity contribution in [2.24, 2.45) is 9.98 Å². The number of nitrogens with zero attached hydrogens (tertiary/aromatic N) is 2. The highest BCUT2D eigenvalue weighted by Crippen LogP contribution is 1.83. The standard InChI is InChI=1S/C6H12N2/c1-4-6(7-3)8-5-2/h5H,4H2,1-3H3/b7-6-,8-5-. The molecule has 0 aliphatic carbocycles. The SMILES string of the molecule is C/C=N\C(CC)=N/C. The van der Waals surface area contributed by atoms with Crippen LogP contribution in [0.4, 0.5) is 0 Å². The van der Waals surface area contributed by atoms with Crippen molar-refractivity contribution in [3.8, 4) is 0 Å². The highest BCUT2D eigenvalue weighted by molar-refractivity contribution is 5.88. The van der Waals surface area contributed by atoms with Gasteiger partial charge in [0.2, 0.25) is 0 Å². The zero-order valence-corrected chi connectivity index (χ0v) is 5.68. The summed E-state index contributed by atoms with van der Waals surface area (Å²) in [7, 11) is 1.76. The maximum atomic E-state index is 3.99. The van der Waals surface area contributed by atoms with Crippen molar-refractivity contribution in [1.82, 2.24) is 0 Å². The predicted octanol–water partition coefficient (Wildman–Crippen LogP) is 1.52. The van der Waals surface area contributed by atoms with E-state index in [0.29, 0.717) is 0 Å². The largest absolute Gasteiger partial charge is 0.274 e. The molecule has 46 valence electrons. The Labute approximate surface area is 50.4 Å². The molecular formula is C6H12N2. The zero-order valence-electron chi connectivity index (χ0n) is 5.68. The molecule has 0 fully saturated rings. The van der Waals surface area contributed by atoms with Gasteiger partial charge in [-0.2, -0.15) is 0 Å². The Balaban J connectivity index is 3.72. The van der Waals surface area contributed by atoms with Gasteiger partial charge in [-0.15, -0.1) is 0 Å². The predicted molar refractivity (Wildman–Crippen MR) is 37.8 cm³/mol. The van der Waals surface area contributed by atoms with Crippen molar-refractivity contribution in [1.29, 1.82) is 0 Å². The monoisotopic (exact) mass is 112 g/mol. The highest BCUT2D eigenvalue weighted by Gasteiger charge is 1.82. The van der Waals surface area contributed by atoms with Gasteiger partial charge in [0.15, 0.2) is 0 Å². The van der Waals surface area contributed by atoms with Crippen molar-refractivity contribution in [2.45, 2.75) is 20.3 Å². The van der Waals surface area contributed by atoms with Crippen LogP contribution in [0.1, 0.15) is 20.3 Å². The fourth-order valence-electron chi connectivity index (χ4n) is 0.456. The summed E-state index contributed by atoms with van der Waals surface area (Å²) in [4.78, 5) is 7.90. The van der Waals surface area contributed by atoms with E-state index in [1.54, 1.807) is 13.3 Å². The molecule has 0 spiro atoms. The fraction of sp³-hybridized carbons (Fsp3) is 0.667. The van der Waals surface area contributed by atoms with Gasteiger partial charge in [-0.3, -0.25) is 4.99 Å². The van der Waals surface area contributed by atoms with Gasteiger partial charge < -0.3 is 0 Å². The summed E-state index contributed by atoms with van der Waals surface area (Å²) in [6, 6.07) is 0. The Morgan fingerprint density at radius 3 is 2.38 bits per heavy atom. The van der Waals surface area contributed by atoms with Gasteiger partial charge in [0.25, 0.3) is 0 Å². The summed E-state index contributed by atoms with van der Waals surface area (Å²) >= 11 is 0. The first-order valence-corrected chi connectivity index (χ1v) is 2.79. The molecule has 2 heteroatoms. The Bertz CT molecular complexity index is 100. The molecule has 0 aliphatic heterocycles. The quantitative estimate of drug-likeness (QED) is 0.363. The van der Waals surface area contributed by atoms with Crippen molar-refractivity contribution in [3.63, 3.8) is 0 Å². The minimum absolute atomic E-state index is 0.910. The molecule has 0 aromatic carbocycles. The third kappa shape index (κ3) is 2.50. The second-order valence-electron chi connectivity index (χ2n) is 1.38. The number of hydrogen-bond acceptors (Lipinski definition) is 1. The van der Waals surface area contributed by atoms with Gasteiger partial charge in [0.1, 0.15) is 5.84 Å². The summed E-state index contributed by atoms with van der Waals surface area (Å²) < 4.78 is 0. The lowest BCUT2D eigenvalue weighted by Crippen LogP contribution is -1.88. The van der Waals surface area contributed by atoms with Crippen LogP contribution < -0.4 is 0 Å². The van der Waals surface area contributed by atoms with Crippen LogP contribution in [-0.2, 0) is 0 Å². The summed E-state index contributed by atoms with van der Waals surface area (Å²) in [5.74, 6) is 0.910. The van der Waals surface area contributed by atoms with Gasteiger partial charge >= 0.3 is 0 Å². The maximum Gasteiger partial charge on any atom is 0.122 e. The highest BCUT2D eigenvalue weighted by atomic mass is 14.9. The van der Waals surface area contributed by atoms with Gasteiger partial charge in [-0.05, 0) is 6.92 Å². The van der Waals surface area contributed by atoms with E-state index in [1.807, 2.05) is 13.8 Å². The van der Waals surface area contributed by atoms with Crippen LogP contribution in [0.25, 0.3) is 0 Å². The second kappa shape index (κ2) is 4.50. The minimum atomic E-state index is 0.910. The van der Waals surface area contributed by atoms with Crippen LogP contribution in [0.5, 0.6) is 0 Å². The second-order valence-corrected chi connectivity index (χ2v) is 1.38. The van der Waals surface area contributed by atoms with E-state index in [-0.39, 0.29) is 0 Å². The Morgan fingerprint density at radius 1 is 1.62 bits per heavy atom. The summed E-state index contributed by atoms with van der Waals surface area (Å²) in [6.45, 7) is 3.93. The smallest absolute Gasteiger partial charge is 0.122 e. The molecule has 0 unspecified atom stereocenters. The zero-order chi connectivity index (χ0) is 6.41. The Hall–Kier alpha value is -0.660. The van der Waals surface area contributed by atoms with Crippen LogP contribution >= 0.6 is 0 Å². The summed E-state index contributed by atoms with van der Waals surface area (Å²) in [5, 5.41) is 0. The Morgan fingerprint density at radius 2 is 2.25 bits per heavy atom. The Kier molecular flexibility index (Phi) is 4.13. The third-order valence-corrected chi connectivity index (χ3v) is 0.852. The molecule has 0 amide bonds. The molecule has 0 saturated heterocycles. The van der Waals surface area contributed by atoms with Crippen molar-refractivity contribution in [3.05, 3.63) is 0 Å². The normalized spacial score (nSPS) is 13.1. The fourth-order valence-corrected chi connectivity index (χ4v) is 0.456. The molecule has 2 nitrogen and oxygen atoms in total. The molecule has 0 aromatic rings. The molecule has 0 rings (SSSR count). The third-order valence-electron chi connectivity index (χ3n) is 0.852. The number of rotatable bonds is 1. The van der Waals surface area contributed by atoms with Crippen LogP contribution in [0.2, 0.25) is 0 Å². The molecule has 0 radical (unpaired) electrons. The lowest BCUT2D eigenvalue weighted by Gasteiger charge is -1.88. The van der Waals surface area contributed by atoms with E-state index < -0.39 is 0 Å². The first-order valence-electron chi connectivity index (χ1n) is 2.79.